The van der Waals surface area contributed by atoms with Crippen LogP contribution in [-0.4, -0.2) is 22.8 Å². The minimum absolute atomic E-state index is 0.571. The van der Waals surface area contributed by atoms with Gasteiger partial charge in [-0.2, -0.15) is 0 Å². The molecule has 0 aromatic carbocycles. The Bertz CT molecular complexity index is 408. The van der Waals surface area contributed by atoms with Crippen LogP contribution in [0.1, 0.15) is 57.8 Å². The van der Waals surface area contributed by atoms with E-state index in [9.17, 15) is 0 Å². The molecule has 5 nitrogen and oxygen atoms in total. The smallest absolute Gasteiger partial charge is 0.315 e. The summed E-state index contributed by atoms with van der Waals surface area (Å²) in [6.45, 7) is 4.00. The van der Waals surface area contributed by atoms with Crippen molar-refractivity contribution in [3.8, 4) is 0 Å². The molecule has 0 spiro atoms. The van der Waals surface area contributed by atoms with Crippen LogP contribution in [0.25, 0.3) is 0 Å². The summed E-state index contributed by atoms with van der Waals surface area (Å²) >= 11 is 0. The van der Waals surface area contributed by atoms with Gasteiger partial charge in [0.15, 0.2) is 0 Å². The fraction of sp³-hybridized carbons (Fsp3) is 0.867. The first-order valence-corrected chi connectivity index (χ1v) is 8.09. The molecule has 2 fully saturated rings. The van der Waals surface area contributed by atoms with Gasteiger partial charge in [0, 0.05) is 12.6 Å². The monoisotopic (exact) mass is 278 g/mol. The summed E-state index contributed by atoms with van der Waals surface area (Å²) in [7, 11) is 0. The predicted octanol–water partition coefficient (Wildman–Crippen LogP) is 2.95. The summed E-state index contributed by atoms with van der Waals surface area (Å²) in [6.07, 6.45) is 9.31. The maximum atomic E-state index is 5.57. The Kier molecular flexibility index (Phi) is 4.55. The summed E-state index contributed by atoms with van der Waals surface area (Å²) in [6, 6.07) is 1.24. The van der Waals surface area contributed by atoms with Crippen molar-refractivity contribution in [1.82, 2.24) is 15.5 Å². The lowest BCUT2D eigenvalue weighted by Crippen LogP contribution is -2.16. The van der Waals surface area contributed by atoms with Crippen molar-refractivity contribution in [3.63, 3.8) is 0 Å². The minimum Gasteiger partial charge on any atom is -0.407 e. The Hall–Kier alpha value is -1.10. The average molecular weight is 278 g/mol. The van der Waals surface area contributed by atoms with Gasteiger partial charge in [-0.1, -0.05) is 37.7 Å². The molecule has 1 heterocycles. The molecule has 2 saturated carbocycles. The zero-order valence-corrected chi connectivity index (χ0v) is 12.4. The van der Waals surface area contributed by atoms with Crippen LogP contribution in [0.15, 0.2) is 4.42 Å². The molecule has 0 aliphatic heterocycles. The highest BCUT2D eigenvalue weighted by Gasteiger charge is 2.21. The summed E-state index contributed by atoms with van der Waals surface area (Å²) in [5.41, 5.74) is 0. The molecule has 2 aliphatic rings. The van der Waals surface area contributed by atoms with Crippen molar-refractivity contribution in [2.24, 2.45) is 11.8 Å². The lowest BCUT2D eigenvalue weighted by atomic mass is 9.81. The lowest BCUT2D eigenvalue weighted by molar-refractivity contribution is 0.281. The van der Waals surface area contributed by atoms with E-state index < -0.39 is 0 Å². The van der Waals surface area contributed by atoms with E-state index in [1.807, 2.05) is 0 Å². The van der Waals surface area contributed by atoms with Gasteiger partial charge in [0.05, 0.1) is 6.54 Å². The van der Waals surface area contributed by atoms with Crippen LogP contribution in [-0.2, 0) is 6.54 Å². The van der Waals surface area contributed by atoms with Crippen LogP contribution < -0.4 is 10.6 Å². The molecule has 3 rings (SSSR count). The van der Waals surface area contributed by atoms with Crippen LogP contribution in [0, 0.1) is 11.8 Å². The largest absolute Gasteiger partial charge is 0.407 e. The Morgan fingerprint density at radius 2 is 1.90 bits per heavy atom. The van der Waals surface area contributed by atoms with Gasteiger partial charge in [-0.05, 0) is 31.1 Å². The van der Waals surface area contributed by atoms with Gasteiger partial charge in [0.1, 0.15) is 0 Å². The van der Waals surface area contributed by atoms with Gasteiger partial charge in [0.2, 0.25) is 5.89 Å². The topological polar surface area (TPSA) is 63.0 Å². The Balaban J connectivity index is 1.33. The normalized spacial score (nSPS) is 26.6. The van der Waals surface area contributed by atoms with Crippen molar-refractivity contribution in [1.29, 1.82) is 0 Å². The number of rotatable bonds is 7. The number of nitrogens with zero attached hydrogens (tertiary/aromatic N) is 2. The van der Waals surface area contributed by atoms with Crippen molar-refractivity contribution in [2.75, 3.05) is 11.9 Å². The molecule has 2 N–H and O–H groups in total. The molecule has 2 aliphatic carbocycles. The lowest BCUT2D eigenvalue weighted by Gasteiger charge is -2.25. The number of nitrogens with one attached hydrogen (secondary N) is 2. The zero-order chi connectivity index (χ0) is 13.8. The van der Waals surface area contributed by atoms with E-state index in [4.69, 9.17) is 4.42 Å². The highest BCUT2D eigenvalue weighted by Crippen LogP contribution is 2.30. The van der Waals surface area contributed by atoms with Gasteiger partial charge in [0.25, 0.3) is 0 Å². The first-order valence-electron chi connectivity index (χ1n) is 8.09. The summed E-state index contributed by atoms with van der Waals surface area (Å²) in [4.78, 5) is 0. The van der Waals surface area contributed by atoms with E-state index in [1.54, 1.807) is 0 Å². The third-order valence-electron chi connectivity index (χ3n) is 4.55. The van der Waals surface area contributed by atoms with Gasteiger partial charge >= 0.3 is 6.01 Å². The molecule has 1 aromatic rings. The number of hydrogen-bond acceptors (Lipinski definition) is 5. The molecular weight excluding hydrogens is 252 g/mol. The van der Waals surface area contributed by atoms with Gasteiger partial charge in [-0.25, -0.2) is 0 Å². The SMILES string of the molecule is CC1CCC(CCNc2nnc(CNC3CC3)o2)CC1. The van der Waals surface area contributed by atoms with Crippen molar-refractivity contribution in [2.45, 2.75) is 64.5 Å². The summed E-state index contributed by atoms with van der Waals surface area (Å²) in [5.74, 6) is 2.49. The van der Waals surface area contributed by atoms with E-state index in [1.165, 1.54) is 44.9 Å². The van der Waals surface area contributed by atoms with Crippen molar-refractivity contribution in [3.05, 3.63) is 5.89 Å². The van der Waals surface area contributed by atoms with Gasteiger partial charge in [-0.3, -0.25) is 0 Å². The first kappa shape index (κ1) is 13.9. The van der Waals surface area contributed by atoms with Crippen LogP contribution >= 0.6 is 0 Å². The van der Waals surface area contributed by atoms with Crippen LogP contribution in [0.2, 0.25) is 0 Å². The van der Waals surface area contributed by atoms with Crippen molar-refractivity contribution >= 4 is 6.01 Å². The highest BCUT2D eigenvalue weighted by atomic mass is 16.4. The van der Waals surface area contributed by atoms with E-state index in [-0.39, 0.29) is 0 Å². The number of hydrogen-bond donors (Lipinski definition) is 2. The quantitative estimate of drug-likeness (QED) is 0.803. The number of aromatic nitrogens is 2. The predicted molar refractivity (Wildman–Crippen MR) is 78.4 cm³/mol. The molecule has 20 heavy (non-hydrogen) atoms. The molecule has 0 atom stereocenters. The maximum absolute atomic E-state index is 5.57. The van der Waals surface area contributed by atoms with Crippen LogP contribution in [0.3, 0.4) is 0 Å². The van der Waals surface area contributed by atoms with Gasteiger partial charge in [-0.15, -0.1) is 5.10 Å². The minimum atomic E-state index is 0.571. The van der Waals surface area contributed by atoms with Crippen LogP contribution in [0.5, 0.6) is 0 Å². The third-order valence-corrected chi connectivity index (χ3v) is 4.55. The molecule has 0 bridgehead atoms. The van der Waals surface area contributed by atoms with Crippen molar-refractivity contribution < 1.29 is 4.42 Å². The highest BCUT2D eigenvalue weighted by molar-refractivity contribution is 5.16. The average Bonchev–Trinajstić information content (AvgIpc) is 3.18. The molecule has 0 amide bonds. The molecule has 5 heteroatoms. The standard InChI is InChI=1S/C15H26N4O/c1-11-2-4-12(5-3-11)8-9-16-15-19-18-14(20-15)10-17-13-6-7-13/h11-13,17H,2-10H2,1H3,(H,16,19). The number of anilines is 1. The molecule has 0 unspecified atom stereocenters. The third kappa shape index (κ3) is 4.20. The Morgan fingerprint density at radius 1 is 1.10 bits per heavy atom. The van der Waals surface area contributed by atoms with Gasteiger partial charge < -0.3 is 15.1 Å². The maximum Gasteiger partial charge on any atom is 0.315 e. The Morgan fingerprint density at radius 3 is 2.65 bits per heavy atom. The molecule has 0 saturated heterocycles. The fourth-order valence-electron chi connectivity index (χ4n) is 2.92. The molecular formula is C15H26N4O. The van der Waals surface area contributed by atoms with E-state index >= 15 is 0 Å². The second-order valence-corrected chi connectivity index (χ2v) is 6.50. The second-order valence-electron chi connectivity index (χ2n) is 6.50. The summed E-state index contributed by atoms with van der Waals surface area (Å²) in [5, 5.41) is 14.7. The first-order chi connectivity index (χ1) is 9.79. The molecule has 0 radical (unpaired) electrons. The zero-order valence-electron chi connectivity index (χ0n) is 12.4. The Labute approximate surface area is 120 Å². The fourth-order valence-corrected chi connectivity index (χ4v) is 2.92. The van der Waals surface area contributed by atoms with E-state index in [0.717, 1.165) is 18.4 Å². The second kappa shape index (κ2) is 6.57. The molecule has 1 aromatic heterocycles. The van der Waals surface area contributed by atoms with E-state index in [0.29, 0.717) is 24.5 Å². The van der Waals surface area contributed by atoms with Crippen LogP contribution in [0.4, 0.5) is 6.01 Å². The van der Waals surface area contributed by atoms with E-state index in [2.05, 4.69) is 27.8 Å². The summed E-state index contributed by atoms with van der Waals surface area (Å²) < 4.78 is 5.57. The molecule has 112 valence electrons.